The van der Waals surface area contributed by atoms with Crippen LogP contribution < -0.4 is 16.4 Å². The lowest BCUT2D eigenvalue weighted by Gasteiger charge is -2.16. The van der Waals surface area contributed by atoms with Crippen LogP contribution >= 0.6 is 0 Å². The molecule has 0 aromatic carbocycles. The molecule has 0 saturated carbocycles. The van der Waals surface area contributed by atoms with Crippen LogP contribution in [0.3, 0.4) is 0 Å². The Morgan fingerprint density at radius 1 is 1.50 bits per heavy atom. The number of ether oxygens (including phenoxy) is 1. The lowest BCUT2D eigenvalue weighted by Crippen LogP contribution is -2.44. The molecule has 1 atom stereocenters. The first kappa shape index (κ1) is 15.3. The maximum atomic E-state index is 11.5. The Morgan fingerprint density at radius 3 is 2.81 bits per heavy atom. The summed E-state index contributed by atoms with van der Waals surface area (Å²) in [4.78, 5) is 11.5. The second-order valence-electron chi connectivity index (χ2n) is 3.81. The predicted molar refractivity (Wildman–Crippen MR) is 65.3 cm³/mol. The van der Waals surface area contributed by atoms with Crippen molar-refractivity contribution in [3.63, 3.8) is 0 Å². The fraction of sp³-hybridized carbons (Fsp3) is 0.909. The monoisotopic (exact) mass is 231 g/mol. The second-order valence-corrected chi connectivity index (χ2v) is 3.81. The number of hydrogen-bond acceptors (Lipinski definition) is 4. The fourth-order valence-corrected chi connectivity index (χ4v) is 1.35. The highest BCUT2D eigenvalue weighted by Gasteiger charge is 2.09. The number of carbonyl (C=O) groups excluding carboxylic acids is 1. The van der Waals surface area contributed by atoms with Gasteiger partial charge in [0.05, 0.1) is 13.2 Å². The number of carbonyl (C=O) groups is 1. The Kier molecular flexibility index (Phi) is 10.4. The highest BCUT2D eigenvalue weighted by atomic mass is 16.5. The lowest BCUT2D eigenvalue weighted by molar-refractivity contribution is -0.120. The van der Waals surface area contributed by atoms with E-state index in [1.165, 1.54) is 0 Å². The van der Waals surface area contributed by atoms with Gasteiger partial charge in [-0.3, -0.25) is 4.79 Å². The molecule has 5 nitrogen and oxygen atoms in total. The Morgan fingerprint density at radius 2 is 2.25 bits per heavy atom. The molecule has 1 amide bonds. The summed E-state index contributed by atoms with van der Waals surface area (Å²) in [5.41, 5.74) is 5.58. The van der Waals surface area contributed by atoms with Crippen LogP contribution in [-0.4, -0.2) is 45.3 Å². The molecule has 0 aromatic rings. The van der Waals surface area contributed by atoms with E-state index in [9.17, 15) is 4.79 Å². The first-order valence-corrected chi connectivity index (χ1v) is 5.93. The van der Waals surface area contributed by atoms with Crippen LogP contribution in [-0.2, 0) is 9.53 Å². The van der Waals surface area contributed by atoms with E-state index >= 15 is 0 Å². The summed E-state index contributed by atoms with van der Waals surface area (Å²) in [6, 6.07) is 0.108. The highest BCUT2D eigenvalue weighted by molar-refractivity contribution is 5.78. The third kappa shape index (κ3) is 8.64. The first-order valence-electron chi connectivity index (χ1n) is 5.93. The lowest BCUT2D eigenvalue weighted by atomic mass is 10.1. The molecule has 0 bridgehead atoms. The molecule has 0 spiro atoms. The van der Waals surface area contributed by atoms with E-state index in [2.05, 4.69) is 17.6 Å². The summed E-state index contributed by atoms with van der Waals surface area (Å²) in [5, 5.41) is 5.90. The van der Waals surface area contributed by atoms with Crippen molar-refractivity contribution in [3.8, 4) is 0 Å². The molecule has 0 fully saturated rings. The topological polar surface area (TPSA) is 76.4 Å². The van der Waals surface area contributed by atoms with E-state index < -0.39 is 0 Å². The van der Waals surface area contributed by atoms with Crippen LogP contribution in [0.1, 0.15) is 26.2 Å². The third-order valence-corrected chi connectivity index (χ3v) is 2.32. The summed E-state index contributed by atoms with van der Waals surface area (Å²) in [6.07, 6.45) is 3.18. The van der Waals surface area contributed by atoms with Gasteiger partial charge in [-0.2, -0.15) is 0 Å². The van der Waals surface area contributed by atoms with Gasteiger partial charge in [-0.05, 0) is 6.42 Å². The van der Waals surface area contributed by atoms with Gasteiger partial charge < -0.3 is 21.1 Å². The van der Waals surface area contributed by atoms with Crippen molar-refractivity contribution in [1.82, 2.24) is 10.6 Å². The number of rotatable bonds is 10. The number of methoxy groups -OCH3 is 1. The summed E-state index contributed by atoms with van der Waals surface area (Å²) in [5.74, 6) is 0.00246. The van der Waals surface area contributed by atoms with Gasteiger partial charge in [-0.25, -0.2) is 0 Å². The van der Waals surface area contributed by atoms with Gasteiger partial charge in [0.25, 0.3) is 0 Å². The van der Waals surface area contributed by atoms with Crippen molar-refractivity contribution in [1.29, 1.82) is 0 Å². The van der Waals surface area contributed by atoms with Gasteiger partial charge >= 0.3 is 0 Å². The van der Waals surface area contributed by atoms with Crippen LogP contribution in [0.15, 0.2) is 0 Å². The molecule has 0 radical (unpaired) electrons. The normalized spacial score (nSPS) is 12.4. The molecule has 96 valence electrons. The fourth-order valence-electron chi connectivity index (χ4n) is 1.35. The second kappa shape index (κ2) is 10.9. The van der Waals surface area contributed by atoms with Crippen LogP contribution in [0, 0.1) is 0 Å². The van der Waals surface area contributed by atoms with Crippen LogP contribution in [0.25, 0.3) is 0 Å². The highest BCUT2D eigenvalue weighted by Crippen LogP contribution is 1.98. The van der Waals surface area contributed by atoms with Crippen LogP contribution in [0.2, 0.25) is 0 Å². The van der Waals surface area contributed by atoms with Gasteiger partial charge in [0.15, 0.2) is 0 Å². The van der Waals surface area contributed by atoms with Crippen molar-refractivity contribution < 1.29 is 9.53 Å². The van der Waals surface area contributed by atoms with Crippen LogP contribution in [0.4, 0.5) is 0 Å². The minimum Gasteiger partial charge on any atom is -0.383 e. The van der Waals surface area contributed by atoms with E-state index in [-0.39, 0.29) is 11.9 Å². The average Bonchev–Trinajstić information content (AvgIpc) is 2.30. The van der Waals surface area contributed by atoms with E-state index in [1.54, 1.807) is 7.11 Å². The quantitative estimate of drug-likeness (QED) is 0.457. The average molecular weight is 231 g/mol. The maximum absolute atomic E-state index is 11.5. The molecule has 0 aliphatic carbocycles. The third-order valence-electron chi connectivity index (χ3n) is 2.32. The maximum Gasteiger partial charge on any atom is 0.234 e. The minimum absolute atomic E-state index is 0.00246. The Hall–Kier alpha value is -0.650. The zero-order chi connectivity index (χ0) is 12.2. The number of nitrogens with two attached hydrogens (primary N) is 1. The molecule has 0 saturated heterocycles. The van der Waals surface area contributed by atoms with Crippen molar-refractivity contribution in [2.24, 2.45) is 5.73 Å². The molecule has 4 N–H and O–H groups in total. The summed E-state index contributed by atoms with van der Waals surface area (Å²) in [7, 11) is 1.64. The minimum atomic E-state index is 0.00246. The summed E-state index contributed by atoms with van der Waals surface area (Å²) in [6.45, 7) is 4.26. The van der Waals surface area contributed by atoms with Gasteiger partial charge in [0.2, 0.25) is 5.91 Å². The number of nitrogens with one attached hydrogen (secondary N) is 2. The van der Waals surface area contributed by atoms with Crippen molar-refractivity contribution in [2.45, 2.75) is 32.2 Å². The SMILES string of the molecule is CCCCC(CN)NC(=O)CNCCOC. The first-order chi connectivity index (χ1) is 7.74. The number of unbranched alkanes of at least 4 members (excludes halogenated alkanes) is 1. The zero-order valence-electron chi connectivity index (χ0n) is 10.4. The molecule has 0 aliphatic rings. The molecule has 16 heavy (non-hydrogen) atoms. The Balaban J connectivity index is 3.57. The number of hydrogen-bond donors (Lipinski definition) is 3. The summed E-state index contributed by atoms with van der Waals surface area (Å²) < 4.78 is 4.86. The molecule has 0 rings (SSSR count). The standard InChI is InChI=1S/C11H25N3O2/c1-3-4-5-10(8-12)14-11(15)9-13-6-7-16-2/h10,13H,3-9,12H2,1-2H3,(H,14,15). The predicted octanol–water partition coefficient (Wildman–Crippen LogP) is -0.144. The van der Waals surface area contributed by atoms with E-state index in [4.69, 9.17) is 10.5 Å². The molecule has 0 aliphatic heterocycles. The van der Waals surface area contributed by atoms with Crippen molar-refractivity contribution >= 4 is 5.91 Å². The van der Waals surface area contributed by atoms with Crippen molar-refractivity contribution in [3.05, 3.63) is 0 Å². The largest absolute Gasteiger partial charge is 0.383 e. The molecular formula is C11H25N3O2. The van der Waals surface area contributed by atoms with Gasteiger partial charge in [-0.15, -0.1) is 0 Å². The smallest absolute Gasteiger partial charge is 0.234 e. The summed E-state index contributed by atoms with van der Waals surface area (Å²) >= 11 is 0. The van der Waals surface area contributed by atoms with Crippen LogP contribution in [0.5, 0.6) is 0 Å². The van der Waals surface area contributed by atoms with Gasteiger partial charge in [0, 0.05) is 26.2 Å². The molecule has 0 heterocycles. The molecule has 1 unspecified atom stereocenters. The molecule has 0 aromatic heterocycles. The molecular weight excluding hydrogens is 206 g/mol. The van der Waals surface area contributed by atoms with E-state index in [0.717, 1.165) is 19.3 Å². The van der Waals surface area contributed by atoms with E-state index in [0.29, 0.717) is 26.2 Å². The number of amides is 1. The Labute approximate surface area is 98.1 Å². The molecule has 5 heteroatoms. The van der Waals surface area contributed by atoms with E-state index in [1.807, 2.05) is 0 Å². The zero-order valence-corrected chi connectivity index (χ0v) is 10.4. The Bertz CT molecular complexity index is 177. The van der Waals surface area contributed by atoms with Crippen molar-refractivity contribution in [2.75, 3.05) is 33.4 Å². The van der Waals surface area contributed by atoms with Gasteiger partial charge in [0.1, 0.15) is 0 Å². The van der Waals surface area contributed by atoms with Gasteiger partial charge in [-0.1, -0.05) is 19.8 Å².